The fourth-order valence-electron chi connectivity index (χ4n) is 3.70. The molecule has 0 spiro atoms. The van der Waals surface area contributed by atoms with Crippen LogP contribution >= 0.6 is 12.2 Å². The van der Waals surface area contributed by atoms with E-state index < -0.39 is 0 Å². The second-order valence-corrected chi connectivity index (χ2v) is 10.6. The minimum Gasteiger partial charge on any atom is -0.493 e. The third kappa shape index (κ3) is 7.68. The number of rotatable bonds is 6. The Labute approximate surface area is 213 Å². The van der Waals surface area contributed by atoms with Crippen molar-refractivity contribution >= 4 is 40.5 Å². The van der Waals surface area contributed by atoms with Crippen LogP contribution in [0, 0.1) is 11.3 Å². The first-order chi connectivity index (χ1) is 16.5. The highest BCUT2D eigenvalue weighted by atomic mass is 32.1. The molecule has 0 aromatic heterocycles. The van der Waals surface area contributed by atoms with Crippen LogP contribution in [-0.4, -0.2) is 54.6 Å². The van der Waals surface area contributed by atoms with Crippen molar-refractivity contribution in [2.75, 3.05) is 43.0 Å². The minimum atomic E-state index is -0.353. The molecule has 2 N–H and O–H groups in total. The summed E-state index contributed by atoms with van der Waals surface area (Å²) in [6.45, 7) is 13.7. The summed E-state index contributed by atoms with van der Waals surface area (Å²) in [7, 11) is 0. The molecular weight excluding hydrogens is 460 g/mol. The minimum absolute atomic E-state index is 0.197. The maximum absolute atomic E-state index is 12.5. The van der Waals surface area contributed by atoms with Crippen LogP contribution in [0.4, 0.5) is 11.4 Å². The van der Waals surface area contributed by atoms with E-state index in [2.05, 4.69) is 29.4 Å². The van der Waals surface area contributed by atoms with Crippen LogP contribution in [0.5, 0.6) is 5.75 Å². The predicted octanol–water partition coefficient (Wildman–Crippen LogP) is 4.54. The number of amides is 2. The first-order valence-electron chi connectivity index (χ1n) is 12.0. The lowest BCUT2D eigenvalue weighted by Gasteiger charge is -2.38. The summed E-state index contributed by atoms with van der Waals surface area (Å²) in [5, 5.41) is 6.00. The normalized spacial score (nSPS) is 14.0. The molecule has 1 fully saturated rings. The molecular formula is C27H36N4O3S. The van der Waals surface area contributed by atoms with Gasteiger partial charge in [-0.3, -0.25) is 14.9 Å². The number of carbonyl (C=O) groups excluding carboxylic acids is 2. The number of nitrogens with zero attached hydrogens (tertiary/aromatic N) is 2. The van der Waals surface area contributed by atoms with E-state index in [1.165, 1.54) is 0 Å². The van der Waals surface area contributed by atoms with Crippen molar-refractivity contribution < 1.29 is 14.3 Å². The van der Waals surface area contributed by atoms with E-state index in [0.29, 0.717) is 18.1 Å². The number of nitrogens with one attached hydrogen (secondary N) is 2. The van der Waals surface area contributed by atoms with E-state index in [4.69, 9.17) is 17.0 Å². The van der Waals surface area contributed by atoms with Crippen molar-refractivity contribution in [3.63, 3.8) is 0 Å². The Morgan fingerprint density at radius 2 is 1.57 bits per heavy atom. The second-order valence-electron chi connectivity index (χ2n) is 10.2. The molecule has 0 bridgehead atoms. The molecule has 2 aromatic rings. The molecule has 2 aromatic carbocycles. The van der Waals surface area contributed by atoms with Gasteiger partial charge in [-0.15, -0.1) is 0 Å². The standard InChI is InChI=1S/C27H36N4O3S/c1-19(2)18-34-23-12-6-20(7-13-23)24(32)29-26(35)28-21-8-10-22(11-9-21)30-14-16-31(17-15-30)25(33)27(3,4)5/h6-13,19H,14-18H2,1-5H3,(H2,28,29,32,35). The molecule has 0 aliphatic carbocycles. The van der Waals surface area contributed by atoms with Gasteiger partial charge in [0.05, 0.1) is 6.61 Å². The molecule has 1 aliphatic rings. The van der Waals surface area contributed by atoms with Crippen molar-refractivity contribution in [2.45, 2.75) is 34.6 Å². The Morgan fingerprint density at radius 1 is 0.971 bits per heavy atom. The van der Waals surface area contributed by atoms with E-state index >= 15 is 0 Å². The van der Waals surface area contributed by atoms with E-state index in [1.54, 1.807) is 24.3 Å². The molecule has 0 unspecified atom stereocenters. The van der Waals surface area contributed by atoms with E-state index in [9.17, 15) is 9.59 Å². The Kier molecular flexibility index (Phi) is 8.72. The van der Waals surface area contributed by atoms with E-state index in [1.807, 2.05) is 49.9 Å². The summed E-state index contributed by atoms with van der Waals surface area (Å²) in [5.74, 6) is 1.09. The summed E-state index contributed by atoms with van der Waals surface area (Å²) >= 11 is 5.32. The number of piperazine rings is 1. The highest BCUT2D eigenvalue weighted by Gasteiger charge is 2.29. The van der Waals surface area contributed by atoms with Crippen LogP contribution in [0.3, 0.4) is 0 Å². The van der Waals surface area contributed by atoms with Crippen molar-refractivity contribution in [3.8, 4) is 5.75 Å². The topological polar surface area (TPSA) is 73.9 Å². The van der Waals surface area contributed by atoms with Gasteiger partial charge in [0.15, 0.2) is 5.11 Å². The van der Waals surface area contributed by atoms with Gasteiger partial charge < -0.3 is 19.9 Å². The number of ether oxygens (including phenoxy) is 1. The molecule has 0 radical (unpaired) electrons. The molecule has 1 aliphatic heterocycles. The van der Waals surface area contributed by atoms with Crippen molar-refractivity contribution in [1.29, 1.82) is 0 Å². The molecule has 2 amide bonds. The summed E-state index contributed by atoms with van der Waals surface area (Å²) in [6.07, 6.45) is 0. The molecule has 0 saturated carbocycles. The summed E-state index contributed by atoms with van der Waals surface area (Å²) in [5.41, 5.74) is 2.03. The maximum Gasteiger partial charge on any atom is 0.257 e. The predicted molar refractivity (Wildman–Crippen MR) is 145 cm³/mol. The summed E-state index contributed by atoms with van der Waals surface area (Å²) in [6, 6.07) is 14.9. The van der Waals surface area contributed by atoms with Crippen LogP contribution in [0.2, 0.25) is 0 Å². The molecule has 188 valence electrons. The summed E-state index contributed by atoms with van der Waals surface area (Å²) in [4.78, 5) is 29.2. The van der Waals surface area contributed by atoms with Gasteiger partial charge >= 0.3 is 0 Å². The molecule has 7 nitrogen and oxygen atoms in total. The lowest BCUT2D eigenvalue weighted by molar-refractivity contribution is -0.139. The van der Waals surface area contributed by atoms with Crippen molar-refractivity contribution in [3.05, 3.63) is 54.1 Å². The summed E-state index contributed by atoms with van der Waals surface area (Å²) < 4.78 is 5.65. The van der Waals surface area contributed by atoms with E-state index in [0.717, 1.165) is 43.3 Å². The van der Waals surface area contributed by atoms with Gasteiger partial charge in [0.2, 0.25) is 5.91 Å². The first kappa shape index (κ1) is 26.5. The highest BCUT2D eigenvalue weighted by Crippen LogP contribution is 2.22. The fraction of sp³-hybridized carbons (Fsp3) is 0.444. The first-order valence-corrected chi connectivity index (χ1v) is 12.4. The van der Waals surface area contributed by atoms with Crippen LogP contribution in [0.15, 0.2) is 48.5 Å². The van der Waals surface area contributed by atoms with Crippen LogP contribution in [0.1, 0.15) is 45.0 Å². The number of hydrogen-bond donors (Lipinski definition) is 2. The number of anilines is 2. The van der Waals surface area contributed by atoms with Crippen LogP contribution in [0.25, 0.3) is 0 Å². The monoisotopic (exact) mass is 496 g/mol. The second kappa shape index (κ2) is 11.5. The van der Waals surface area contributed by atoms with Gasteiger partial charge in [0, 0.05) is 48.5 Å². The lowest BCUT2D eigenvalue weighted by Crippen LogP contribution is -2.51. The quantitative estimate of drug-likeness (QED) is 0.572. The molecule has 35 heavy (non-hydrogen) atoms. The van der Waals surface area contributed by atoms with Gasteiger partial charge in [-0.2, -0.15) is 0 Å². The third-order valence-electron chi connectivity index (χ3n) is 5.63. The third-order valence-corrected chi connectivity index (χ3v) is 5.83. The average molecular weight is 497 g/mol. The van der Waals surface area contributed by atoms with E-state index in [-0.39, 0.29) is 22.3 Å². The number of hydrogen-bond acceptors (Lipinski definition) is 5. The number of thiocarbonyl (C=S) groups is 1. The van der Waals surface area contributed by atoms with Gasteiger partial charge in [-0.25, -0.2) is 0 Å². The van der Waals surface area contributed by atoms with Crippen molar-refractivity contribution in [2.24, 2.45) is 11.3 Å². The molecule has 1 heterocycles. The zero-order chi connectivity index (χ0) is 25.6. The van der Waals surface area contributed by atoms with Gasteiger partial charge in [0.25, 0.3) is 5.91 Å². The Bertz CT molecular complexity index is 1020. The van der Waals surface area contributed by atoms with Gasteiger partial charge in [-0.1, -0.05) is 34.6 Å². The molecule has 0 atom stereocenters. The van der Waals surface area contributed by atoms with Crippen LogP contribution in [-0.2, 0) is 4.79 Å². The molecule has 1 saturated heterocycles. The van der Waals surface area contributed by atoms with Crippen LogP contribution < -0.4 is 20.3 Å². The zero-order valence-electron chi connectivity index (χ0n) is 21.3. The largest absolute Gasteiger partial charge is 0.493 e. The lowest BCUT2D eigenvalue weighted by atomic mass is 9.94. The van der Waals surface area contributed by atoms with Gasteiger partial charge in [0.1, 0.15) is 5.75 Å². The SMILES string of the molecule is CC(C)COc1ccc(C(=O)NC(=S)Nc2ccc(N3CCN(C(=O)C(C)(C)C)CC3)cc2)cc1. The maximum atomic E-state index is 12.5. The molecule has 8 heteroatoms. The number of benzene rings is 2. The molecule has 3 rings (SSSR count). The number of carbonyl (C=O) groups is 2. The average Bonchev–Trinajstić information content (AvgIpc) is 2.82. The smallest absolute Gasteiger partial charge is 0.257 e. The highest BCUT2D eigenvalue weighted by molar-refractivity contribution is 7.80. The zero-order valence-corrected chi connectivity index (χ0v) is 22.1. The Hall–Kier alpha value is -3.13. The van der Waals surface area contributed by atoms with Gasteiger partial charge in [-0.05, 0) is 66.7 Å². The van der Waals surface area contributed by atoms with Crippen molar-refractivity contribution in [1.82, 2.24) is 10.2 Å². The fourth-order valence-corrected chi connectivity index (χ4v) is 3.91. The Balaban J connectivity index is 1.48. The Morgan fingerprint density at radius 3 is 2.11 bits per heavy atom.